The predicted molar refractivity (Wildman–Crippen MR) is 91.6 cm³/mol. The lowest BCUT2D eigenvalue weighted by molar-refractivity contribution is -0.117. The van der Waals surface area contributed by atoms with Gasteiger partial charge in [0.25, 0.3) is 0 Å². The highest BCUT2D eigenvalue weighted by atomic mass is 35.5. The molecule has 7 heteroatoms. The van der Waals surface area contributed by atoms with Crippen LogP contribution in [-0.4, -0.2) is 17.9 Å². The van der Waals surface area contributed by atoms with Crippen molar-refractivity contribution in [2.45, 2.75) is 38.6 Å². The zero-order valence-electron chi connectivity index (χ0n) is 12.4. The highest BCUT2D eigenvalue weighted by molar-refractivity contribution is 6.34. The highest BCUT2D eigenvalue weighted by Gasteiger charge is 2.26. The molecule has 0 saturated heterocycles. The van der Waals surface area contributed by atoms with Gasteiger partial charge in [0.05, 0.1) is 10.7 Å². The molecule has 0 spiro atoms. The number of carbonyl (C=O) groups excluding carboxylic acids is 2. The number of hydrogen-bond acceptors (Lipinski definition) is 3. The summed E-state index contributed by atoms with van der Waals surface area (Å²) in [7, 11) is 0. The lowest BCUT2D eigenvalue weighted by Gasteiger charge is -2.15. The molecule has 2 rings (SSSR count). The number of carbonyl (C=O) groups is 2. The summed E-state index contributed by atoms with van der Waals surface area (Å²) in [6, 6.07) is 5.11. The fourth-order valence-corrected chi connectivity index (χ4v) is 2.88. The molecule has 2 amide bonds. The van der Waals surface area contributed by atoms with E-state index in [4.69, 9.17) is 17.3 Å². The van der Waals surface area contributed by atoms with Crippen LogP contribution in [-0.2, 0) is 9.59 Å². The zero-order valence-corrected chi connectivity index (χ0v) is 14.0. The van der Waals surface area contributed by atoms with Gasteiger partial charge in [-0.05, 0) is 37.0 Å². The molecule has 1 saturated carbocycles. The van der Waals surface area contributed by atoms with Crippen LogP contribution in [0.2, 0.25) is 5.02 Å². The second-order valence-corrected chi connectivity index (χ2v) is 5.89. The third kappa shape index (κ3) is 5.16. The van der Waals surface area contributed by atoms with Crippen molar-refractivity contribution in [2.24, 2.45) is 11.7 Å². The third-order valence-corrected chi connectivity index (χ3v) is 4.04. The number of nitrogens with two attached hydrogens (primary N) is 1. The molecule has 22 heavy (non-hydrogen) atoms. The first-order valence-corrected chi connectivity index (χ1v) is 7.46. The molecule has 0 radical (unpaired) electrons. The monoisotopic (exact) mass is 345 g/mol. The van der Waals surface area contributed by atoms with Crippen molar-refractivity contribution in [3.05, 3.63) is 23.2 Å². The highest BCUT2D eigenvalue weighted by Crippen LogP contribution is 2.29. The topological polar surface area (TPSA) is 84.2 Å². The summed E-state index contributed by atoms with van der Waals surface area (Å²) in [5.74, 6) is 0.00651. The number of anilines is 2. The molecule has 0 aliphatic heterocycles. The van der Waals surface area contributed by atoms with Crippen molar-refractivity contribution in [1.82, 2.24) is 0 Å². The van der Waals surface area contributed by atoms with Gasteiger partial charge in [-0.1, -0.05) is 18.0 Å². The van der Waals surface area contributed by atoms with Gasteiger partial charge in [-0.15, -0.1) is 12.4 Å². The lowest BCUT2D eigenvalue weighted by atomic mass is 10.00. The van der Waals surface area contributed by atoms with E-state index < -0.39 is 0 Å². The van der Waals surface area contributed by atoms with E-state index in [0.29, 0.717) is 22.8 Å². The molecule has 4 N–H and O–H groups in total. The molecule has 5 nitrogen and oxygen atoms in total. The van der Waals surface area contributed by atoms with Crippen LogP contribution in [0.25, 0.3) is 0 Å². The van der Waals surface area contributed by atoms with Crippen LogP contribution in [0.3, 0.4) is 0 Å². The molecule has 0 aromatic heterocycles. The van der Waals surface area contributed by atoms with Gasteiger partial charge < -0.3 is 16.4 Å². The van der Waals surface area contributed by atoms with E-state index >= 15 is 0 Å². The van der Waals surface area contributed by atoms with Crippen LogP contribution in [0.1, 0.15) is 32.6 Å². The Morgan fingerprint density at radius 1 is 1.32 bits per heavy atom. The van der Waals surface area contributed by atoms with Gasteiger partial charge in [0.1, 0.15) is 0 Å². The summed E-state index contributed by atoms with van der Waals surface area (Å²) in [5.41, 5.74) is 7.11. The second kappa shape index (κ2) is 8.36. The predicted octanol–water partition coefficient (Wildman–Crippen LogP) is 3.18. The maximum Gasteiger partial charge on any atom is 0.224 e. The Morgan fingerprint density at radius 2 is 2.05 bits per heavy atom. The standard InChI is InChI=1S/C15H20ClN3O2.ClH/c1-9(20)18-11-5-6-14(12(16)8-11)19-15(21)7-10-3-2-4-13(10)17;/h5-6,8,10,13H,2-4,7,17H2,1H3,(H,18,20)(H,19,21);1H/t10-,13+;/m0./s1. The van der Waals surface area contributed by atoms with Gasteiger partial charge >= 0.3 is 0 Å². The average Bonchev–Trinajstić information content (AvgIpc) is 2.78. The lowest BCUT2D eigenvalue weighted by Crippen LogP contribution is -2.28. The maximum atomic E-state index is 12.0. The Labute approximate surface area is 141 Å². The van der Waals surface area contributed by atoms with Gasteiger partial charge in [-0.2, -0.15) is 0 Å². The Hall–Kier alpha value is -1.30. The summed E-state index contributed by atoms with van der Waals surface area (Å²) in [6.45, 7) is 1.43. The van der Waals surface area contributed by atoms with Crippen LogP contribution < -0.4 is 16.4 Å². The molecule has 0 unspecified atom stereocenters. The van der Waals surface area contributed by atoms with E-state index in [1.54, 1.807) is 18.2 Å². The molecule has 1 aromatic rings. The van der Waals surface area contributed by atoms with Crippen molar-refractivity contribution < 1.29 is 9.59 Å². The Balaban J connectivity index is 0.00000242. The average molecular weight is 346 g/mol. The Kier molecular flexibility index (Phi) is 7.13. The van der Waals surface area contributed by atoms with Gasteiger partial charge in [0, 0.05) is 25.1 Å². The number of amides is 2. The van der Waals surface area contributed by atoms with E-state index in [1.807, 2.05) is 0 Å². The first kappa shape index (κ1) is 18.7. The Morgan fingerprint density at radius 3 is 2.59 bits per heavy atom. The molecule has 2 atom stereocenters. The minimum atomic E-state index is -0.168. The van der Waals surface area contributed by atoms with E-state index in [0.717, 1.165) is 19.3 Å². The van der Waals surface area contributed by atoms with E-state index in [9.17, 15) is 9.59 Å². The minimum absolute atomic E-state index is 0. The molecule has 1 aliphatic carbocycles. The number of hydrogen-bond donors (Lipinski definition) is 3. The van der Waals surface area contributed by atoms with Crippen molar-refractivity contribution in [1.29, 1.82) is 0 Å². The van der Waals surface area contributed by atoms with Crippen LogP contribution in [0.4, 0.5) is 11.4 Å². The van der Waals surface area contributed by atoms with Crippen LogP contribution in [0.15, 0.2) is 18.2 Å². The van der Waals surface area contributed by atoms with Crippen molar-refractivity contribution >= 4 is 47.2 Å². The number of rotatable bonds is 4. The first-order valence-electron chi connectivity index (χ1n) is 7.08. The van der Waals surface area contributed by atoms with E-state index in [1.165, 1.54) is 6.92 Å². The molecular formula is C15H21Cl2N3O2. The summed E-state index contributed by atoms with van der Waals surface area (Å²) >= 11 is 6.11. The smallest absolute Gasteiger partial charge is 0.224 e. The molecule has 0 heterocycles. The van der Waals surface area contributed by atoms with Gasteiger partial charge in [-0.3, -0.25) is 9.59 Å². The fraction of sp³-hybridized carbons (Fsp3) is 0.467. The molecule has 1 aromatic carbocycles. The SMILES string of the molecule is CC(=O)Nc1ccc(NC(=O)C[C@@H]2CCC[C@H]2N)c(Cl)c1.Cl. The normalized spacial score (nSPS) is 20.1. The summed E-state index contributed by atoms with van der Waals surface area (Å²) in [6.07, 6.45) is 3.50. The molecule has 1 aliphatic rings. The number of halogens is 2. The van der Waals surface area contributed by atoms with Gasteiger partial charge in [0.15, 0.2) is 0 Å². The maximum absolute atomic E-state index is 12.0. The van der Waals surface area contributed by atoms with Crippen LogP contribution >= 0.6 is 24.0 Å². The second-order valence-electron chi connectivity index (χ2n) is 5.48. The summed E-state index contributed by atoms with van der Waals surface area (Å²) in [5, 5.41) is 5.83. The third-order valence-electron chi connectivity index (χ3n) is 3.73. The van der Waals surface area contributed by atoms with Gasteiger partial charge in [-0.25, -0.2) is 0 Å². The summed E-state index contributed by atoms with van der Waals surface area (Å²) < 4.78 is 0. The van der Waals surface area contributed by atoms with E-state index in [-0.39, 0.29) is 36.2 Å². The summed E-state index contributed by atoms with van der Waals surface area (Å²) in [4.78, 5) is 23.0. The molecule has 122 valence electrons. The molecule has 0 bridgehead atoms. The van der Waals surface area contributed by atoms with Crippen LogP contribution in [0, 0.1) is 5.92 Å². The molecule has 1 fully saturated rings. The molecular weight excluding hydrogens is 325 g/mol. The van der Waals surface area contributed by atoms with Crippen LogP contribution in [0.5, 0.6) is 0 Å². The fourth-order valence-electron chi connectivity index (χ4n) is 2.66. The van der Waals surface area contributed by atoms with Crippen molar-refractivity contribution in [2.75, 3.05) is 10.6 Å². The van der Waals surface area contributed by atoms with Crippen molar-refractivity contribution in [3.63, 3.8) is 0 Å². The largest absolute Gasteiger partial charge is 0.327 e. The minimum Gasteiger partial charge on any atom is -0.327 e. The zero-order chi connectivity index (χ0) is 15.4. The number of nitrogens with one attached hydrogen (secondary N) is 2. The van der Waals surface area contributed by atoms with Crippen molar-refractivity contribution in [3.8, 4) is 0 Å². The quantitative estimate of drug-likeness (QED) is 0.783. The van der Waals surface area contributed by atoms with E-state index in [2.05, 4.69) is 10.6 Å². The number of benzene rings is 1. The van der Waals surface area contributed by atoms with Gasteiger partial charge in [0.2, 0.25) is 11.8 Å². The first-order chi connectivity index (χ1) is 9.95. The Bertz CT molecular complexity index is 552.